The van der Waals surface area contributed by atoms with Gasteiger partial charge in [-0.05, 0) is 38.1 Å². The first-order valence-electron chi connectivity index (χ1n) is 9.26. The van der Waals surface area contributed by atoms with E-state index in [1.54, 1.807) is 62.4 Å². The number of nitrogens with one attached hydrogen (secondary N) is 1. The fourth-order valence-corrected chi connectivity index (χ4v) is 3.11. The molecule has 1 N–H and O–H groups in total. The van der Waals surface area contributed by atoms with Gasteiger partial charge in [0.2, 0.25) is 5.91 Å². The molecule has 1 aromatic heterocycles. The molecule has 0 aliphatic carbocycles. The minimum Gasteiger partial charge on any atom is -0.462 e. The zero-order chi connectivity index (χ0) is 21.0. The third kappa shape index (κ3) is 3.96. The van der Waals surface area contributed by atoms with Crippen molar-refractivity contribution in [3.8, 4) is 0 Å². The minimum absolute atomic E-state index is 0.190. The Morgan fingerprint density at radius 2 is 1.66 bits per heavy atom. The van der Waals surface area contributed by atoms with Crippen LogP contribution in [0.3, 0.4) is 0 Å². The van der Waals surface area contributed by atoms with Crippen LogP contribution in [0.2, 0.25) is 0 Å². The number of hydrogen-bond acceptors (Lipinski definition) is 5. The molecule has 0 atom stereocenters. The van der Waals surface area contributed by atoms with Crippen LogP contribution >= 0.6 is 0 Å². The van der Waals surface area contributed by atoms with Gasteiger partial charge in [-0.2, -0.15) is 0 Å². The van der Waals surface area contributed by atoms with E-state index in [2.05, 4.69) is 5.32 Å². The van der Waals surface area contributed by atoms with Crippen molar-refractivity contribution in [1.82, 2.24) is 9.13 Å². The molecule has 0 aliphatic rings. The third-order valence-corrected chi connectivity index (χ3v) is 4.45. The Kier molecular flexibility index (Phi) is 5.92. The maximum atomic E-state index is 12.8. The summed E-state index contributed by atoms with van der Waals surface area (Å²) in [5, 5.41) is 3.01. The summed E-state index contributed by atoms with van der Waals surface area (Å²) in [4.78, 5) is 50.0. The smallest absolute Gasteiger partial charge is 0.340 e. The van der Waals surface area contributed by atoms with Crippen molar-refractivity contribution in [3.05, 3.63) is 74.9 Å². The second-order valence-electron chi connectivity index (χ2n) is 6.25. The van der Waals surface area contributed by atoms with E-state index in [0.29, 0.717) is 10.9 Å². The average Bonchev–Trinajstić information content (AvgIpc) is 2.72. The number of rotatable bonds is 6. The lowest BCUT2D eigenvalue weighted by Gasteiger charge is -2.14. The fourth-order valence-electron chi connectivity index (χ4n) is 3.11. The van der Waals surface area contributed by atoms with Crippen molar-refractivity contribution in [3.63, 3.8) is 0 Å². The molecule has 150 valence electrons. The summed E-state index contributed by atoms with van der Waals surface area (Å²) < 4.78 is 7.34. The van der Waals surface area contributed by atoms with Gasteiger partial charge in [0.1, 0.15) is 6.54 Å². The van der Waals surface area contributed by atoms with E-state index in [-0.39, 0.29) is 30.9 Å². The van der Waals surface area contributed by atoms with Crippen LogP contribution in [0.4, 0.5) is 5.69 Å². The number of amides is 1. The van der Waals surface area contributed by atoms with Crippen molar-refractivity contribution >= 4 is 28.5 Å². The van der Waals surface area contributed by atoms with E-state index in [1.165, 1.54) is 4.57 Å². The van der Waals surface area contributed by atoms with E-state index in [9.17, 15) is 19.2 Å². The van der Waals surface area contributed by atoms with Crippen LogP contribution in [-0.2, 0) is 22.6 Å². The van der Waals surface area contributed by atoms with Gasteiger partial charge < -0.3 is 10.1 Å². The molecule has 1 heterocycles. The highest BCUT2D eigenvalue weighted by Gasteiger charge is 2.17. The Morgan fingerprint density at radius 1 is 0.966 bits per heavy atom. The lowest BCUT2D eigenvalue weighted by molar-refractivity contribution is -0.116. The normalized spacial score (nSPS) is 10.7. The highest BCUT2D eigenvalue weighted by Crippen LogP contribution is 2.16. The number of carbonyl (C=O) groups is 2. The van der Waals surface area contributed by atoms with Crippen LogP contribution in [0, 0.1) is 0 Å². The maximum Gasteiger partial charge on any atom is 0.340 e. The monoisotopic (exact) mass is 395 g/mol. The van der Waals surface area contributed by atoms with Gasteiger partial charge in [0, 0.05) is 6.54 Å². The first kappa shape index (κ1) is 20.1. The summed E-state index contributed by atoms with van der Waals surface area (Å²) in [6.07, 6.45) is 0. The van der Waals surface area contributed by atoms with Gasteiger partial charge >= 0.3 is 11.7 Å². The summed E-state index contributed by atoms with van der Waals surface area (Å²) in [5.74, 6) is -1.05. The van der Waals surface area contributed by atoms with Crippen molar-refractivity contribution in [2.75, 3.05) is 11.9 Å². The molecule has 3 aromatic rings. The van der Waals surface area contributed by atoms with Crippen molar-refractivity contribution in [2.24, 2.45) is 0 Å². The highest BCUT2D eigenvalue weighted by molar-refractivity contribution is 6.01. The van der Waals surface area contributed by atoms with Crippen LogP contribution in [0.25, 0.3) is 10.9 Å². The summed E-state index contributed by atoms with van der Waals surface area (Å²) in [6, 6.07) is 13.1. The predicted molar refractivity (Wildman–Crippen MR) is 109 cm³/mol. The first-order chi connectivity index (χ1) is 14.0. The Balaban J connectivity index is 1.97. The van der Waals surface area contributed by atoms with Gasteiger partial charge in [0.25, 0.3) is 5.56 Å². The Bertz CT molecular complexity index is 1190. The molecule has 0 bridgehead atoms. The number of anilines is 1. The number of ether oxygens (including phenoxy) is 1. The molecule has 8 heteroatoms. The van der Waals surface area contributed by atoms with Crippen LogP contribution in [0.1, 0.15) is 24.2 Å². The summed E-state index contributed by atoms with van der Waals surface area (Å²) in [5.41, 5.74) is -0.0704. The van der Waals surface area contributed by atoms with Crippen molar-refractivity contribution < 1.29 is 14.3 Å². The number of para-hydroxylation sites is 2. The molecule has 29 heavy (non-hydrogen) atoms. The molecule has 8 nitrogen and oxygen atoms in total. The second-order valence-corrected chi connectivity index (χ2v) is 6.25. The minimum atomic E-state index is -0.565. The van der Waals surface area contributed by atoms with E-state index in [0.717, 1.165) is 4.57 Å². The van der Waals surface area contributed by atoms with Crippen LogP contribution in [-0.4, -0.2) is 27.6 Å². The molecule has 0 saturated heterocycles. The second kappa shape index (κ2) is 8.55. The Labute approximate surface area is 166 Å². The van der Waals surface area contributed by atoms with Gasteiger partial charge in [0.05, 0.1) is 28.8 Å². The highest BCUT2D eigenvalue weighted by atomic mass is 16.5. The van der Waals surface area contributed by atoms with Crippen LogP contribution in [0.15, 0.2) is 58.1 Å². The quantitative estimate of drug-likeness (QED) is 0.644. The van der Waals surface area contributed by atoms with Crippen LogP contribution < -0.4 is 16.6 Å². The van der Waals surface area contributed by atoms with Gasteiger partial charge in [-0.1, -0.05) is 24.3 Å². The fraction of sp³-hybridized carbons (Fsp3) is 0.238. The molecular weight excluding hydrogens is 374 g/mol. The standard InChI is InChI=1S/C21H21N3O5/c1-3-23-19(26)15-10-6-8-12-17(15)24(21(23)28)13-18(25)22-16-11-7-5-9-14(16)20(27)29-4-2/h5-12H,3-4,13H2,1-2H3,(H,22,25). The van der Waals surface area contributed by atoms with Gasteiger partial charge in [-0.25, -0.2) is 9.59 Å². The number of hydrogen-bond donors (Lipinski definition) is 1. The largest absolute Gasteiger partial charge is 0.462 e. The van der Waals surface area contributed by atoms with Crippen molar-refractivity contribution in [1.29, 1.82) is 0 Å². The molecule has 0 aliphatic heterocycles. The van der Waals surface area contributed by atoms with Crippen molar-refractivity contribution in [2.45, 2.75) is 26.9 Å². The zero-order valence-electron chi connectivity index (χ0n) is 16.2. The molecule has 3 rings (SSSR count). The number of aromatic nitrogens is 2. The Morgan fingerprint density at radius 3 is 2.38 bits per heavy atom. The number of esters is 1. The molecule has 0 saturated carbocycles. The molecule has 0 fully saturated rings. The number of fused-ring (bicyclic) bond motifs is 1. The number of carbonyl (C=O) groups excluding carboxylic acids is 2. The Hall–Kier alpha value is -3.68. The lowest BCUT2D eigenvalue weighted by atomic mass is 10.2. The van der Waals surface area contributed by atoms with E-state index in [4.69, 9.17) is 4.74 Å². The topological polar surface area (TPSA) is 99.4 Å². The molecular formula is C21H21N3O5. The van der Waals surface area contributed by atoms with Gasteiger partial charge in [0.15, 0.2) is 0 Å². The third-order valence-electron chi connectivity index (χ3n) is 4.45. The summed E-state index contributed by atoms with van der Waals surface area (Å²) in [7, 11) is 0. The molecule has 0 spiro atoms. The molecule has 0 radical (unpaired) electrons. The summed E-state index contributed by atoms with van der Waals surface area (Å²) in [6.45, 7) is 3.48. The van der Waals surface area contributed by atoms with Gasteiger partial charge in [-0.15, -0.1) is 0 Å². The average molecular weight is 395 g/mol. The lowest BCUT2D eigenvalue weighted by Crippen LogP contribution is -2.41. The maximum absolute atomic E-state index is 12.8. The SMILES string of the molecule is CCOC(=O)c1ccccc1NC(=O)Cn1c(=O)n(CC)c(=O)c2ccccc21. The molecule has 2 aromatic carbocycles. The van der Waals surface area contributed by atoms with Gasteiger partial charge in [-0.3, -0.25) is 18.7 Å². The van der Waals surface area contributed by atoms with E-state index in [1.807, 2.05) is 0 Å². The zero-order valence-corrected chi connectivity index (χ0v) is 16.2. The molecule has 0 unspecified atom stereocenters. The van der Waals surface area contributed by atoms with E-state index < -0.39 is 23.1 Å². The van der Waals surface area contributed by atoms with E-state index >= 15 is 0 Å². The number of nitrogens with zero attached hydrogens (tertiary/aromatic N) is 2. The molecule has 1 amide bonds. The summed E-state index contributed by atoms with van der Waals surface area (Å²) >= 11 is 0. The number of benzene rings is 2. The predicted octanol–water partition coefficient (Wildman–Crippen LogP) is 2.00. The van der Waals surface area contributed by atoms with Crippen LogP contribution in [0.5, 0.6) is 0 Å². The first-order valence-corrected chi connectivity index (χ1v) is 9.26.